The van der Waals surface area contributed by atoms with Crippen molar-refractivity contribution in [1.29, 1.82) is 0 Å². The molecule has 0 aliphatic rings. The van der Waals surface area contributed by atoms with Gasteiger partial charge in [-0.25, -0.2) is 0 Å². The van der Waals surface area contributed by atoms with Gasteiger partial charge in [0.15, 0.2) is 0 Å². The molecule has 0 aromatic carbocycles. The summed E-state index contributed by atoms with van der Waals surface area (Å²) in [6.07, 6.45) is 0.0349. The number of carbonyl (C=O) groups is 3. The van der Waals surface area contributed by atoms with Gasteiger partial charge < -0.3 is 16.0 Å². The first-order chi connectivity index (χ1) is 7.04. The van der Waals surface area contributed by atoms with Crippen molar-refractivity contribution in [1.82, 2.24) is 16.0 Å². The predicted octanol–water partition coefficient (Wildman–Crippen LogP) is -1.38. The summed E-state index contributed by atoms with van der Waals surface area (Å²) in [5.41, 5.74) is 0. The van der Waals surface area contributed by atoms with Crippen LogP contribution >= 0.6 is 0 Å². The van der Waals surface area contributed by atoms with E-state index in [4.69, 9.17) is 0 Å². The van der Waals surface area contributed by atoms with Gasteiger partial charge in [-0.05, 0) is 0 Å². The van der Waals surface area contributed by atoms with Crippen molar-refractivity contribution in [2.75, 3.05) is 21.1 Å². The molecule has 86 valence electrons. The van der Waals surface area contributed by atoms with E-state index in [2.05, 4.69) is 16.0 Å². The summed E-state index contributed by atoms with van der Waals surface area (Å²) in [7, 11) is 4.45. The Kier molecular flexibility index (Phi) is 6.08. The zero-order chi connectivity index (χ0) is 11.8. The standard InChI is InChI=1S/C9H17N3O3/c1-10-7(13)4-6(9(15)12-3)5-8(14)11-2/h6H,4-5H2,1-3H3,(H,10,13)(H,11,14)(H,12,15). The van der Waals surface area contributed by atoms with E-state index in [1.807, 2.05) is 0 Å². The fraction of sp³-hybridized carbons (Fsp3) is 0.667. The van der Waals surface area contributed by atoms with Crippen LogP contribution in [-0.4, -0.2) is 38.9 Å². The maximum atomic E-state index is 11.3. The Bertz CT molecular complexity index is 235. The Balaban J connectivity index is 4.37. The average molecular weight is 215 g/mol. The zero-order valence-corrected chi connectivity index (χ0v) is 9.22. The first-order valence-corrected chi connectivity index (χ1v) is 4.67. The molecule has 6 nitrogen and oxygen atoms in total. The zero-order valence-electron chi connectivity index (χ0n) is 9.22. The Morgan fingerprint density at radius 2 is 1.27 bits per heavy atom. The van der Waals surface area contributed by atoms with Crippen molar-refractivity contribution in [2.24, 2.45) is 5.92 Å². The summed E-state index contributed by atoms with van der Waals surface area (Å²) in [6, 6.07) is 0. The van der Waals surface area contributed by atoms with Gasteiger partial charge in [0.05, 0.1) is 5.92 Å². The molecule has 0 spiro atoms. The minimum Gasteiger partial charge on any atom is -0.359 e. The molecule has 0 aliphatic heterocycles. The van der Waals surface area contributed by atoms with E-state index in [1.165, 1.54) is 21.1 Å². The largest absolute Gasteiger partial charge is 0.359 e. The molecule has 0 radical (unpaired) electrons. The van der Waals surface area contributed by atoms with E-state index < -0.39 is 5.92 Å². The van der Waals surface area contributed by atoms with E-state index in [0.717, 1.165) is 0 Å². The minimum absolute atomic E-state index is 0.0175. The van der Waals surface area contributed by atoms with Crippen molar-refractivity contribution >= 4 is 17.7 Å². The first-order valence-electron chi connectivity index (χ1n) is 4.67. The van der Waals surface area contributed by atoms with Gasteiger partial charge in [-0.2, -0.15) is 0 Å². The summed E-state index contributed by atoms with van der Waals surface area (Å²) in [6.45, 7) is 0. The van der Waals surface area contributed by atoms with Gasteiger partial charge in [-0.3, -0.25) is 14.4 Å². The molecule has 0 aromatic heterocycles. The topological polar surface area (TPSA) is 87.3 Å². The summed E-state index contributed by atoms with van der Waals surface area (Å²) >= 11 is 0. The molecule has 15 heavy (non-hydrogen) atoms. The highest BCUT2D eigenvalue weighted by molar-refractivity contribution is 5.89. The highest BCUT2D eigenvalue weighted by Crippen LogP contribution is 2.08. The summed E-state index contributed by atoms with van der Waals surface area (Å²) < 4.78 is 0. The van der Waals surface area contributed by atoms with Gasteiger partial charge in [0, 0.05) is 34.0 Å². The van der Waals surface area contributed by atoms with Crippen LogP contribution in [0.25, 0.3) is 0 Å². The Labute approximate surface area is 88.8 Å². The number of carbonyl (C=O) groups excluding carboxylic acids is 3. The molecular formula is C9H17N3O3. The van der Waals surface area contributed by atoms with Crippen LogP contribution in [-0.2, 0) is 14.4 Å². The van der Waals surface area contributed by atoms with E-state index in [0.29, 0.717) is 0 Å². The van der Waals surface area contributed by atoms with Crippen molar-refractivity contribution in [3.8, 4) is 0 Å². The Hall–Kier alpha value is -1.59. The lowest BCUT2D eigenvalue weighted by Crippen LogP contribution is -2.35. The molecule has 0 fully saturated rings. The molecule has 0 bridgehead atoms. The van der Waals surface area contributed by atoms with Crippen LogP contribution in [0.5, 0.6) is 0 Å². The normalized spacial score (nSPS) is 9.60. The molecule has 6 heteroatoms. The van der Waals surface area contributed by atoms with Crippen LogP contribution in [0.1, 0.15) is 12.8 Å². The number of hydrogen-bond acceptors (Lipinski definition) is 3. The number of nitrogens with one attached hydrogen (secondary N) is 3. The van der Waals surface area contributed by atoms with Gasteiger partial charge >= 0.3 is 0 Å². The Morgan fingerprint density at radius 1 is 0.867 bits per heavy atom. The van der Waals surface area contributed by atoms with Crippen LogP contribution in [0, 0.1) is 5.92 Å². The SMILES string of the molecule is CNC(=O)CC(CC(=O)NC)C(=O)NC. The number of hydrogen-bond donors (Lipinski definition) is 3. The lowest BCUT2D eigenvalue weighted by atomic mass is 9.99. The second-order valence-electron chi connectivity index (χ2n) is 3.07. The lowest BCUT2D eigenvalue weighted by Gasteiger charge is -2.13. The third kappa shape index (κ3) is 4.99. The fourth-order valence-corrected chi connectivity index (χ4v) is 1.11. The third-order valence-corrected chi connectivity index (χ3v) is 2.04. The fourth-order valence-electron chi connectivity index (χ4n) is 1.11. The van der Waals surface area contributed by atoms with Crippen molar-refractivity contribution < 1.29 is 14.4 Å². The number of amides is 3. The third-order valence-electron chi connectivity index (χ3n) is 2.04. The quantitative estimate of drug-likeness (QED) is 0.528. The van der Waals surface area contributed by atoms with Crippen LogP contribution in [0.15, 0.2) is 0 Å². The molecule has 0 aromatic rings. The average Bonchev–Trinajstić information content (AvgIpc) is 2.26. The summed E-state index contributed by atoms with van der Waals surface area (Å²) in [5.74, 6) is -1.43. The molecule has 0 aliphatic carbocycles. The van der Waals surface area contributed by atoms with E-state index in [9.17, 15) is 14.4 Å². The molecule has 0 saturated heterocycles. The lowest BCUT2D eigenvalue weighted by molar-refractivity contribution is -0.133. The molecule has 0 unspecified atom stereocenters. The molecule has 0 atom stereocenters. The molecule has 0 rings (SSSR count). The van der Waals surface area contributed by atoms with E-state index in [-0.39, 0.29) is 30.6 Å². The molecular weight excluding hydrogens is 198 g/mol. The summed E-state index contributed by atoms with van der Waals surface area (Å²) in [4.78, 5) is 33.5. The van der Waals surface area contributed by atoms with E-state index in [1.54, 1.807) is 0 Å². The second-order valence-corrected chi connectivity index (χ2v) is 3.07. The van der Waals surface area contributed by atoms with Crippen LogP contribution in [0.3, 0.4) is 0 Å². The number of rotatable bonds is 5. The smallest absolute Gasteiger partial charge is 0.223 e. The minimum atomic E-state index is -0.616. The molecule has 3 N–H and O–H groups in total. The maximum Gasteiger partial charge on any atom is 0.223 e. The van der Waals surface area contributed by atoms with Gasteiger partial charge in [-0.1, -0.05) is 0 Å². The van der Waals surface area contributed by atoms with Gasteiger partial charge in [0.2, 0.25) is 17.7 Å². The van der Waals surface area contributed by atoms with Gasteiger partial charge in [-0.15, -0.1) is 0 Å². The maximum absolute atomic E-state index is 11.3. The van der Waals surface area contributed by atoms with Gasteiger partial charge in [0.25, 0.3) is 0 Å². The van der Waals surface area contributed by atoms with Crippen molar-refractivity contribution in [3.63, 3.8) is 0 Å². The van der Waals surface area contributed by atoms with Crippen LogP contribution in [0.4, 0.5) is 0 Å². The predicted molar refractivity (Wildman–Crippen MR) is 54.9 cm³/mol. The Morgan fingerprint density at radius 3 is 1.53 bits per heavy atom. The highest BCUT2D eigenvalue weighted by atomic mass is 16.2. The highest BCUT2D eigenvalue weighted by Gasteiger charge is 2.22. The van der Waals surface area contributed by atoms with Gasteiger partial charge in [0.1, 0.15) is 0 Å². The molecule has 3 amide bonds. The van der Waals surface area contributed by atoms with Crippen molar-refractivity contribution in [3.05, 3.63) is 0 Å². The van der Waals surface area contributed by atoms with Crippen LogP contribution < -0.4 is 16.0 Å². The first kappa shape index (κ1) is 13.4. The van der Waals surface area contributed by atoms with Crippen LogP contribution in [0.2, 0.25) is 0 Å². The monoisotopic (exact) mass is 215 g/mol. The van der Waals surface area contributed by atoms with Crippen molar-refractivity contribution in [2.45, 2.75) is 12.8 Å². The second kappa shape index (κ2) is 6.80. The summed E-state index contributed by atoms with van der Waals surface area (Å²) in [5, 5.41) is 7.26. The molecule has 0 heterocycles. The molecule has 0 saturated carbocycles. The van der Waals surface area contributed by atoms with E-state index >= 15 is 0 Å².